The fraction of sp³-hybridized carbons (Fsp3) is 0.769. The summed E-state index contributed by atoms with van der Waals surface area (Å²) in [4.78, 5) is 52.6. The molecule has 7 atom stereocenters. The van der Waals surface area contributed by atoms with Crippen LogP contribution in [0.15, 0.2) is 11.6 Å². The van der Waals surface area contributed by atoms with Gasteiger partial charge in [-0.05, 0) is 55.8 Å². The number of hydrogen-bond donors (Lipinski definition) is 1. The van der Waals surface area contributed by atoms with Gasteiger partial charge in [-0.1, -0.05) is 19.4 Å². The van der Waals surface area contributed by atoms with Crippen molar-refractivity contribution >= 4 is 23.6 Å². The lowest BCUT2D eigenvalue weighted by molar-refractivity contribution is -0.205. The van der Waals surface area contributed by atoms with E-state index in [1.54, 1.807) is 20.0 Å². The van der Waals surface area contributed by atoms with Crippen molar-refractivity contribution in [2.45, 2.75) is 65.9 Å². The summed E-state index contributed by atoms with van der Waals surface area (Å²) in [6.45, 7) is 7.48. The Morgan fingerprint density at radius 1 is 1.24 bits per heavy atom. The number of carbonyl (C=O) groups is 4. The Bertz CT molecular complexity index is 882. The molecule has 190 valence electrons. The number of rotatable bonds is 5. The minimum atomic E-state index is -1.10. The van der Waals surface area contributed by atoms with E-state index >= 15 is 0 Å². The molecule has 0 radical (unpaired) electrons. The van der Waals surface area contributed by atoms with Gasteiger partial charge < -0.3 is 19.5 Å². The third kappa shape index (κ3) is 4.30. The first kappa shape index (κ1) is 26.4. The normalized spacial score (nSPS) is 38.5. The van der Waals surface area contributed by atoms with Gasteiger partial charge in [0.15, 0.2) is 0 Å². The molecule has 8 nitrogen and oxygen atoms in total. The number of allylic oxidation sites excluding steroid dienone is 1. The van der Waals surface area contributed by atoms with Gasteiger partial charge in [0.1, 0.15) is 17.3 Å². The maximum atomic E-state index is 13.6. The summed E-state index contributed by atoms with van der Waals surface area (Å²) in [5, 5.41) is 9.12. The van der Waals surface area contributed by atoms with Gasteiger partial charge in [-0.2, -0.15) is 0 Å². The van der Waals surface area contributed by atoms with Gasteiger partial charge in [0.05, 0.1) is 13.7 Å². The second-order valence-electron chi connectivity index (χ2n) is 10.8. The number of Topliss-reactive ketones (excluding diaryl/α,β-unsaturated/α-hetero) is 1. The number of carbonyl (C=O) groups excluding carboxylic acids is 4. The van der Waals surface area contributed by atoms with Gasteiger partial charge in [-0.25, -0.2) is 0 Å². The summed E-state index contributed by atoms with van der Waals surface area (Å²) in [7, 11) is 2.99. The van der Waals surface area contributed by atoms with Crippen molar-refractivity contribution in [3.8, 4) is 0 Å². The summed E-state index contributed by atoms with van der Waals surface area (Å²) < 4.78 is 10.8. The molecule has 0 heterocycles. The van der Waals surface area contributed by atoms with Crippen LogP contribution in [0.1, 0.15) is 59.8 Å². The molecule has 0 aromatic carbocycles. The molecule has 0 unspecified atom stereocenters. The molecule has 3 saturated carbocycles. The summed E-state index contributed by atoms with van der Waals surface area (Å²) in [5.74, 6) is -1.48. The number of fused-ring (bicyclic) bond motifs is 3. The van der Waals surface area contributed by atoms with Crippen LogP contribution in [0, 0.1) is 34.5 Å². The molecule has 1 amide bonds. The van der Waals surface area contributed by atoms with Crippen molar-refractivity contribution < 1.29 is 33.8 Å². The Morgan fingerprint density at radius 2 is 1.91 bits per heavy atom. The Kier molecular flexibility index (Phi) is 7.60. The second kappa shape index (κ2) is 9.80. The van der Waals surface area contributed by atoms with Crippen LogP contribution in [-0.4, -0.2) is 67.0 Å². The van der Waals surface area contributed by atoms with Crippen molar-refractivity contribution in [2.24, 2.45) is 34.5 Å². The van der Waals surface area contributed by atoms with Gasteiger partial charge in [0.2, 0.25) is 5.91 Å². The first-order chi connectivity index (χ1) is 15.9. The summed E-state index contributed by atoms with van der Waals surface area (Å²) in [6.07, 6.45) is 3.98. The Hall–Kier alpha value is -2.22. The van der Waals surface area contributed by atoms with Gasteiger partial charge in [0.25, 0.3) is 0 Å². The summed E-state index contributed by atoms with van der Waals surface area (Å²) in [5.41, 5.74) is -0.428. The molecule has 0 saturated heterocycles. The van der Waals surface area contributed by atoms with Crippen LogP contribution in [0.4, 0.5) is 0 Å². The Morgan fingerprint density at radius 3 is 2.50 bits per heavy atom. The minimum Gasteiger partial charge on any atom is -0.468 e. The fourth-order valence-electron chi connectivity index (χ4n) is 7.21. The highest BCUT2D eigenvalue weighted by atomic mass is 16.6. The Balaban J connectivity index is 1.95. The molecule has 3 fully saturated rings. The highest BCUT2D eigenvalue weighted by molar-refractivity contribution is 5.89. The van der Waals surface area contributed by atoms with E-state index in [9.17, 15) is 19.2 Å². The standard InChI is InChI=1S/C26H39NO7/c1-15-17(13-22(31)27(5)11-12-28)7-8-18-23(15)19(30)14-20-25(18,3)10-9-21(34-16(2)29)26(20,4)24(32)33-6/h13,15,18,20-21,23,28H,7-12,14H2,1-6H3/b17-13+/t15-,18-,20+,21-,23-,25+,26+/m0/s1. The molecular formula is C26H39NO7. The third-order valence-electron chi connectivity index (χ3n) is 9.11. The van der Waals surface area contributed by atoms with Crippen LogP contribution in [0.25, 0.3) is 0 Å². The zero-order chi connectivity index (χ0) is 25.4. The highest BCUT2D eigenvalue weighted by Crippen LogP contribution is 2.64. The summed E-state index contributed by atoms with van der Waals surface area (Å²) >= 11 is 0. The van der Waals surface area contributed by atoms with Crippen molar-refractivity contribution in [3.05, 3.63) is 11.6 Å². The molecular weight excluding hydrogens is 438 g/mol. The SMILES string of the molecule is COC(=O)[C@@]1(C)[C@@H](OC(C)=O)CC[C@@]2(C)[C@H]1CC(=O)[C@H]1[C@@H](C)/C(=C/C(=O)N(C)CCO)CC[C@@H]12. The minimum absolute atomic E-state index is 0.0680. The fourth-order valence-corrected chi connectivity index (χ4v) is 7.21. The quantitative estimate of drug-likeness (QED) is 0.478. The Labute approximate surface area is 202 Å². The van der Waals surface area contributed by atoms with Crippen LogP contribution in [0.5, 0.6) is 0 Å². The van der Waals surface area contributed by atoms with Gasteiger partial charge in [-0.15, -0.1) is 0 Å². The zero-order valence-electron chi connectivity index (χ0n) is 21.3. The van der Waals surface area contributed by atoms with Crippen LogP contribution in [-0.2, 0) is 28.7 Å². The molecule has 0 bridgehead atoms. The van der Waals surface area contributed by atoms with Gasteiger partial charge >= 0.3 is 11.9 Å². The van der Waals surface area contributed by atoms with Crippen molar-refractivity contribution in [2.75, 3.05) is 27.3 Å². The molecule has 3 aliphatic carbocycles. The number of ether oxygens (including phenoxy) is 2. The maximum absolute atomic E-state index is 13.6. The van der Waals surface area contributed by atoms with Crippen LogP contribution >= 0.6 is 0 Å². The number of amides is 1. The number of likely N-dealkylation sites (N-methyl/N-ethyl adjacent to an activating group) is 1. The molecule has 8 heteroatoms. The lowest BCUT2D eigenvalue weighted by Crippen LogP contribution is -2.63. The summed E-state index contributed by atoms with van der Waals surface area (Å²) in [6, 6.07) is 0. The predicted octanol–water partition coefficient (Wildman–Crippen LogP) is 2.53. The van der Waals surface area contributed by atoms with E-state index in [1.165, 1.54) is 18.9 Å². The molecule has 3 aliphatic rings. The molecule has 3 rings (SSSR count). The van der Waals surface area contributed by atoms with Crippen molar-refractivity contribution in [1.82, 2.24) is 4.90 Å². The lowest BCUT2D eigenvalue weighted by atomic mass is 9.42. The van der Waals surface area contributed by atoms with E-state index in [0.717, 1.165) is 18.4 Å². The van der Waals surface area contributed by atoms with E-state index in [4.69, 9.17) is 14.6 Å². The van der Waals surface area contributed by atoms with Crippen molar-refractivity contribution in [3.63, 3.8) is 0 Å². The van der Waals surface area contributed by atoms with Crippen molar-refractivity contribution in [1.29, 1.82) is 0 Å². The molecule has 34 heavy (non-hydrogen) atoms. The molecule has 0 spiro atoms. The number of esters is 2. The monoisotopic (exact) mass is 477 g/mol. The third-order valence-corrected chi connectivity index (χ3v) is 9.11. The van der Waals surface area contributed by atoms with E-state index in [1.807, 2.05) is 6.92 Å². The molecule has 0 aromatic rings. The predicted molar refractivity (Wildman–Crippen MR) is 124 cm³/mol. The highest BCUT2D eigenvalue weighted by Gasteiger charge is 2.66. The maximum Gasteiger partial charge on any atom is 0.315 e. The average molecular weight is 478 g/mol. The number of aliphatic hydroxyl groups is 1. The first-order valence-electron chi connectivity index (χ1n) is 12.3. The number of hydrogen-bond acceptors (Lipinski definition) is 7. The molecule has 0 aliphatic heterocycles. The average Bonchev–Trinajstić information content (AvgIpc) is 2.78. The van der Waals surface area contributed by atoms with Gasteiger partial charge in [-0.3, -0.25) is 19.2 Å². The number of aliphatic hydroxyl groups excluding tert-OH is 1. The molecule has 0 aromatic heterocycles. The number of methoxy groups -OCH3 is 1. The zero-order valence-corrected chi connectivity index (χ0v) is 21.3. The molecule has 1 N–H and O–H groups in total. The largest absolute Gasteiger partial charge is 0.468 e. The number of ketones is 1. The topological polar surface area (TPSA) is 110 Å². The van der Waals surface area contributed by atoms with Gasteiger partial charge in [0, 0.05) is 38.9 Å². The van der Waals surface area contributed by atoms with E-state index in [2.05, 4.69) is 6.92 Å². The van der Waals surface area contributed by atoms with Crippen LogP contribution in [0.3, 0.4) is 0 Å². The second-order valence-corrected chi connectivity index (χ2v) is 10.8. The first-order valence-corrected chi connectivity index (χ1v) is 12.3. The van der Waals surface area contributed by atoms with E-state index in [-0.39, 0.29) is 60.3 Å². The van der Waals surface area contributed by atoms with E-state index in [0.29, 0.717) is 12.8 Å². The van der Waals surface area contributed by atoms with E-state index < -0.39 is 23.5 Å². The smallest absolute Gasteiger partial charge is 0.315 e. The number of nitrogens with zero attached hydrogens (tertiary/aromatic N) is 1. The lowest BCUT2D eigenvalue weighted by Gasteiger charge is -2.61. The van der Waals surface area contributed by atoms with Crippen LogP contribution < -0.4 is 0 Å². The van der Waals surface area contributed by atoms with Crippen LogP contribution in [0.2, 0.25) is 0 Å².